The molecule has 0 heterocycles. The van der Waals surface area contributed by atoms with Gasteiger partial charge in [-0.15, -0.1) is 0 Å². The number of phenols is 1. The topological polar surface area (TPSA) is 70.0 Å². The molecule has 74 valence electrons. The van der Waals surface area contributed by atoms with E-state index in [1.807, 2.05) is 6.07 Å². The first-order valence-corrected chi connectivity index (χ1v) is 4.18. The molecule has 14 heavy (non-hydrogen) atoms. The highest BCUT2D eigenvalue weighted by atomic mass is 19.1. The molecule has 3 nitrogen and oxygen atoms in total. The Labute approximate surface area is 81.6 Å². The van der Waals surface area contributed by atoms with Gasteiger partial charge < -0.3 is 10.8 Å². The van der Waals surface area contributed by atoms with Crippen LogP contribution < -0.4 is 5.73 Å². The summed E-state index contributed by atoms with van der Waals surface area (Å²) in [5.74, 6) is -0.488. The van der Waals surface area contributed by atoms with Crippen LogP contribution in [0.25, 0.3) is 0 Å². The summed E-state index contributed by atoms with van der Waals surface area (Å²) in [5.41, 5.74) is 6.24. The maximum absolute atomic E-state index is 13.1. The lowest BCUT2D eigenvalue weighted by Crippen LogP contribution is -2.12. The van der Waals surface area contributed by atoms with Crippen LogP contribution in [0.5, 0.6) is 5.75 Å². The van der Waals surface area contributed by atoms with E-state index < -0.39 is 11.9 Å². The SMILES string of the molecule is Cc1c(F)ccc(O)c1[C@@H](N)CC#N. The average Bonchev–Trinajstić information content (AvgIpc) is 2.13. The van der Waals surface area contributed by atoms with Crippen molar-refractivity contribution in [1.82, 2.24) is 0 Å². The van der Waals surface area contributed by atoms with E-state index in [4.69, 9.17) is 11.0 Å². The minimum Gasteiger partial charge on any atom is -0.508 e. The summed E-state index contributed by atoms with van der Waals surface area (Å²) in [7, 11) is 0. The lowest BCUT2D eigenvalue weighted by Gasteiger charge is -2.13. The average molecular weight is 194 g/mol. The van der Waals surface area contributed by atoms with Crippen molar-refractivity contribution >= 4 is 0 Å². The van der Waals surface area contributed by atoms with Crippen molar-refractivity contribution in [2.45, 2.75) is 19.4 Å². The maximum Gasteiger partial charge on any atom is 0.126 e. The monoisotopic (exact) mass is 194 g/mol. The second-order valence-corrected chi connectivity index (χ2v) is 3.07. The Bertz CT molecular complexity index is 384. The molecule has 1 aromatic carbocycles. The number of nitrogens with two attached hydrogens (primary N) is 1. The number of phenolic OH excluding ortho intramolecular Hbond substituents is 1. The van der Waals surface area contributed by atoms with Gasteiger partial charge in [-0.1, -0.05) is 0 Å². The fourth-order valence-corrected chi connectivity index (χ4v) is 1.36. The van der Waals surface area contributed by atoms with E-state index in [0.717, 1.165) is 0 Å². The van der Waals surface area contributed by atoms with E-state index in [2.05, 4.69) is 0 Å². The van der Waals surface area contributed by atoms with E-state index in [1.54, 1.807) is 0 Å². The fourth-order valence-electron chi connectivity index (χ4n) is 1.36. The van der Waals surface area contributed by atoms with Crippen LogP contribution in [0.2, 0.25) is 0 Å². The predicted octanol–water partition coefficient (Wildman–Crippen LogP) is 1.75. The quantitative estimate of drug-likeness (QED) is 0.753. The number of aromatic hydroxyl groups is 1. The summed E-state index contributed by atoms with van der Waals surface area (Å²) < 4.78 is 13.1. The number of hydrogen-bond acceptors (Lipinski definition) is 3. The van der Waals surface area contributed by atoms with Gasteiger partial charge in [-0.2, -0.15) is 5.26 Å². The first-order valence-electron chi connectivity index (χ1n) is 4.18. The van der Waals surface area contributed by atoms with Crippen LogP contribution in [0.15, 0.2) is 12.1 Å². The third-order valence-corrected chi connectivity index (χ3v) is 2.11. The van der Waals surface area contributed by atoms with Crippen LogP contribution in [0.1, 0.15) is 23.6 Å². The summed E-state index contributed by atoms with van der Waals surface area (Å²) in [6.45, 7) is 1.53. The van der Waals surface area contributed by atoms with E-state index in [1.165, 1.54) is 19.1 Å². The number of benzene rings is 1. The molecule has 3 N–H and O–H groups in total. The van der Waals surface area contributed by atoms with Gasteiger partial charge in [-0.25, -0.2) is 4.39 Å². The number of nitrogens with zero attached hydrogens (tertiary/aromatic N) is 1. The molecule has 0 radical (unpaired) electrons. The molecule has 0 aliphatic rings. The maximum atomic E-state index is 13.1. The molecule has 0 bridgehead atoms. The van der Waals surface area contributed by atoms with Crippen molar-refractivity contribution in [3.05, 3.63) is 29.1 Å². The van der Waals surface area contributed by atoms with Crippen LogP contribution in [-0.2, 0) is 0 Å². The molecule has 0 fully saturated rings. The van der Waals surface area contributed by atoms with Crippen molar-refractivity contribution in [1.29, 1.82) is 5.26 Å². The molecule has 4 heteroatoms. The molecule has 1 aromatic rings. The van der Waals surface area contributed by atoms with Gasteiger partial charge in [0.25, 0.3) is 0 Å². The molecular formula is C10H11FN2O. The zero-order valence-electron chi connectivity index (χ0n) is 7.79. The molecule has 0 spiro atoms. The van der Waals surface area contributed by atoms with Crippen LogP contribution in [0, 0.1) is 24.1 Å². The molecule has 0 saturated heterocycles. The zero-order valence-corrected chi connectivity index (χ0v) is 7.79. The van der Waals surface area contributed by atoms with E-state index >= 15 is 0 Å². The molecule has 1 atom stereocenters. The summed E-state index contributed by atoms with van der Waals surface area (Å²) in [4.78, 5) is 0. The zero-order chi connectivity index (χ0) is 10.7. The minimum atomic E-state index is -0.643. The molecule has 0 amide bonds. The van der Waals surface area contributed by atoms with Crippen molar-refractivity contribution < 1.29 is 9.50 Å². The molecule has 0 aliphatic heterocycles. The van der Waals surface area contributed by atoms with Crippen LogP contribution in [0.4, 0.5) is 4.39 Å². The van der Waals surface area contributed by atoms with Crippen molar-refractivity contribution in [2.24, 2.45) is 5.73 Å². The van der Waals surface area contributed by atoms with Gasteiger partial charge in [0.05, 0.1) is 12.5 Å². The van der Waals surface area contributed by atoms with Gasteiger partial charge in [0.2, 0.25) is 0 Å². The van der Waals surface area contributed by atoms with Gasteiger partial charge in [0.15, 0.2) is 0 Å². The third kappa shape index (κ3) is 1.83. The number of halogens is 1. The number of nitriles is 1. The molecular weight excluding hydrogens is 183 g/mol. The Morgan fingerprint density at radius 2 is 2.29 bits per heavy atom. The second-order valence-electron chi connectivity index (χ2n) is 3.07. The van der Waals surface area contributed by atoms with Crippen LogP contribution >= 0.6 is 0 Å². The summed E-state index contributed by atoms with van der Waals surface area (Å²) in [6, 6.07) is 3.66. The molecule has 0 unspecified atom stereocenters. The van der Waals surface area contributed by atoms with E-state index in [9.17, 15) is 9.50 Å². The highest BCUT2D eigenvalue weighted by molar-refractivity contribution is 5.41. The van der Waals surface area contributed by atoms with Crippen molar-refractivity contribution in [2.75, 3.05) is 0 Å². The second kappa shape index (κ2) is 4.07. The lowest BCUT2D eigenvalue weighted by atomic mass is 9.98. The van der Waals surface area contributed by atoms with E-state index in [-0.39, 0.29) is 12.2 Å². The standard InChI is InChI=1S/C10H11FN2O/c1-6-7(11)2-3-9(14)10(6)8(13)4-5-12/h2-3,8,14H,4,13H2,1H3/t8-/m0/s1. The summed E-state index contributed by atoms with van der Waals surface area (Å²) >= 11 is 0. The van der Waals surface area contributed by atoms with Crippen molar-refractivity contribution in [3.63, 3.8) is 0 Å². The molecule has 0 saturated carbocycles. The van der Waals surface area contributed by atoms with Gasteiger partial charge in [-0.05, 0) is 24.6 Å². The minimum absolute atomic E-state index is 0.0534. The van der Waals surface area contributed by atoms with Gasteiger partial charge in [0.1, 0.15) is 11.6 Å². The van der Waals surface area contributed by atoms with Crippen molar-refractivity contribution in [3.8, 4) is 11.8 Å². The first-order chi connectivity index (χ1) is 6.57. The number of hydrogen-bond donors (Lipinski definition) is 2. The van der Waals surface area contributed by atoms with E-state index in [0.29, 0.717) is 11.1 Å². The Hall–Kier alpha value is -1.60. The third-order valence-electron chi connectivity index (χ3n) is 2.11. The summed E-state index contributed by atoms with van der Waals surface area (Å²) in [6.07, 6.45) is 0.0534. The fraction of sp³-hybridized carbons (Fsp3) is 0.300. The molecule has 0 aromatic heterocycles. The molecule has 1 rings (SSSR count). The normalized spacial score (nSPS) is 12.1. The lowest BCUT2D eigenvalue weighted by molar-refractivity contribution is 0.457. The highest BCUT2D eigenvalue weighted by Gasteiger charge is 2.15. The van der Waals surface area contributed by atoms with Gasteiger partial charge in [0, 0.05) is 11.6 Å². The Morgan fingerprint density at radius 1 is 1.64 bits per heavy atom. The van der Waals surface area contributed by atoms with Gasteiger partial charge in [-0.3, -0.25) is 0 Å². The Morgan fingerprint density at radius 3 is 2.86 bits per heavy atom. The van der Waals surface area contributed by atoms with Crippen LogP contribution in [-0.4, -0.2) is 5.11 Å². The number of rotatable bonds is 2. The smallest absolute Gasteiger partial charge is 0.126 e. The Balaban J connectivity index is 3.19. The molecule has 0 aliphatic carbocycles. The predicted molar refractivity (Wildman–Crippen MR) is 50.0 cm³/mol. The first kappa shape index (κ1) is 10.5. The Kier molecular flexibility index (Phi) is 3.05. The summed E-state index contributed by atoms with van der Waals surface area (Å²) in [5, 5.41) is 17.9. The largest absolute Gasteiger partial charge is 0.508 e. The van der Waals surface area contributed by atoms with Gasteiger partial charge >= 0.3 is 0 Å². The highest BCUT2D eigenvalue weighted by Crippen LogP contribution is 2.29. The van der Waals surface area contributed by atoms with Crippen LogP contribution in [0.3, 0.4) is 0 Å².